The van der Waals surface area contributed by atoms with Crippen molar-refractivity contribution in [2.75, 3.05) is 34.9 Å². The molecule has 0 aromatic heterocycles. The average molecular weight is 348 g/mol. The van der Waals surface area contributed by atoms with Crippen LogP contribution in [0.3, 0.4) is 0 Å². The van der Waals surface area contributed by atoms with Gasteiger partial charge in [-0.25, -0.2) is 0 Å². The molecule has 1 aliphatic carbocycles. The summed E-state index contributed by atoms with van der Waals surface area (Å²) in [6, 6.07) is 6.14. The van der Waals surface area contributed by atoms with Crippen LogP contribution in [0.4, 0.5) is 0 Å². The van der Waals surface area contributed by atoms with Crippen LogP contribution in [0, 0.1) is 5.92 Å². The first-order valence-electron chi connectivity index (χ1n) is 9.18. The van der Waals surface area contributed by atoms with E-state index in [4.69, 9.17) is 9.47 Å². The molecule has 25 heavy (non-hydrogen) atoms. The molecule has 0 saturated heterocycles. The second kappa shape index (κ2) is 9.66. The van der Waals surface area contributed by atoms with E-state index in [2.05, 4.69) is 24.3 Å². The van der Waals surface area contributed by atoms with Gasteiger partial charge >= 0.3 is 0 Å². The lowest BCUT2D eigenvalue weighted by Gasteiger charge is -2.34. The molecule has 0 heterocycles. The number of carbonyl (C=O) groups is 1. The fraction of sp³-hybridized carbons (Fsp3) is 0.650. The van der Waals surface area contributed by atoms with Crippen LogP contribution < -0.4 is 14.8 Å². The topological polar surface area (TPSA) is 50.8 Å². The molecule has 2 atom stereocenters. The third-order valence-electron chi connectivity index (χ3n) is 4.94. The number of hydrogen-bond donors (Lipinski definition) is 1. The maximum atomic E-state index is 12.4. The number of nitrogens with zero attached hydrogens (tertiary/aromatic N) is 1. The van der Waals surface area contributed by atoms with Gasteiger partial charge in [-0.2, -0.15) is 0 Å². The lowest BCUT2D eigenvalue weighted by atomic mass is 9.84. The standard InChI is InChI=1S/C20H32N2O3/c1-22(2)14-16-7-5-6-8-17(16)21-20(23)12-10-15-9-11-18(24-3)19(13-15)25-4/h9,11,13,16-17H,5-8,10,12,14H2,1-4H3,(H,21,23). The molecular formula is C20H32N2O3. The first-order chi connectivity index (χ1) is 12.0. The number of benzene rings is 1. The molecule has 2 unspecified atom stereocenters. The fourth-order valence-electron chi connectivity index (χ4n) is 3.66. The van der Waals surface area contributed by atoms with Crippen molar-refractivity contribution in [1.29, 1.82) is 0 Å². The van der Waals surface area contributed by atoms with Gasteiger partial charge in [0.25, 0.3) is 0 Å². The van der Waals surface area contributed by atoms with E-state index >= 15 is 0 Å². The van der Waals surface area contributed by atoms with Crippen LogP contribution in [0.2, 0.25) is 0 Å². The Balaban J connectivity index is 1.87. The lowest BCUT2D eigenvalue weighted by molar-refractivity contribution is -0.122. The van der Waals surface area contributed by atoms with Crippen molar-refractivity contribution < 1.29 is 14.3 Å². The second-order valence-corrected chi connectivity index (χ2v) is 7.17. The number of methoxy groups -OCH3 is 2. The van der Waals surface area contributed by atoms with Gasteiger partial charge < -0.3 is 19.7 Å². The summed E-state index contributed by atoms with van der Waals surface area (Å²) in [5.41, 5.74) is 1.08. The van der Waals surface area contributed by atoms with Crippen molar-refractivity contribution in [3.8, 4) is 11.5 Å². The number of hydrogen-bond acceptors (Lipinski definition) is 4. The van der Waals surface area contributed by atoms with E-state index in [9.17, 15) is 4.79 Å². The molecule has 5 heteroatoms. The van der Waals surface area contributed by atoms with Crippen molar-refractivity contribution in [2.45, 2.75) is 44.6 Å². The predicted octanol–water partition coefficient (Wildman–Crippen LogP) is 2.87. The summed E-state index contributed by atoms with van der Waals surface area (Å²) in [6.45, 7) is 1.04. The van der Waals surface area contributed by atoms with Crippen LogP contribution in [0.15, 0.2) is 18.2 Å². The van der Waals surface area contributed by atoms with E-state index in [-0.39, 0.29) is 5.91 Å². The van der Waals surface area contributed by atoms with Gasteiger partial charge in [0.2, 0.25) is 5.91 Å². The molecular weight excluding hydrogens is 316 g/mol. The predicted molar refractivity (Wildman–Crippen MR) is 100 cm³/mol. The van der Waals surface area contributed by atoms with Gasteiger partial charge in [0.15, 0.2) is 11.5 Å². The number of rotatable bonds is 8. The van der Waals surface area contributed by atoms with Gasteiger partial charge in [0, 0.05) is 19.0 Å². The third-order valence-corrected chi connectivity index (χ3v) is 4.94. The number of aryl methyl sites for hydroxylation is 1. The van der Waals surface area contributed by atoms with Gasteiger partial charge in [-0.05, 0) is 57.0 Å². The Kier molecular flexibility index (Phi) is 7.56. The summed E-state index contributed by atoms with van der Waals surface area (Å²) in [7, 11) is 7.46. The number of amides is 1. The molecule has 1 aliphatic rings. The zero-order chi connectivity index (χ0) is 18.2. The summed E-state index contributed by atoms with van der Waals surface area (Å²) < 4.78 is 10.6. The van der Waals surface area contributed by atoms with E-state index in [0.717, 1.165) is 18.5 Å². The van der Waals surface area contributed by atoms with Gasteiger partial charge in [0.1, 0.15) is 0 Å². The molecule has 1 N–H and O–H groups in total. The normalized spacial score (nSPS) is 20.4. The van der Waals surface area contributed by atoms with Crippen molar-refractivity contribution >= 4 is 5.91 Å². The van der Waals surface area contributed by atoms with Crippen molar-refractivity contribution in [2.24, 2.45) is 5.92 Å². The summed E-state index contributed by atoms with van der Waals surface area (Å²) in [5.74, 6) is 2.13. The Morgan fingerprint density at radius 1 is 1.16 bits per heavy atom. The van der Waals surface area contributed by atoms with Crippen LogP contribution in [-0.2, 0) is 11.2 Å². The SMILES string of the molecule is COc1ccc(CCC(=O)NC2CCCCC2CN(C)C)cc1OC. The summed E-state index contributed by atoms with van der Waals surface area (Å²) >= 11 is 0. The molecule has 0 aliphatic heterocycles. The molecule has 1 saturated carbocycles. The van der Waals surface area contributed by atoms with Gasteiger partial charge in [-0.1, -0.05) is 18.9 Å². The highest BCUT2D eigenvalue weighted by Gasteiger charge is 2.26. The van der Waals surface area contributed by atoms with Gasteiger partial charge in [-0.15, -0.1) is 0 Å². The van der Waals surface area contributed by atoms with Crippen molar-refractivity contribution in [3.63, 3.8) is 0 Å². The minimum Gasteiger partial charge on any atom is -0.493 e. The van der Waals surface area contributed by atoms with Crippen LogP contribution >= 0.6 is 0 Å². The summed E-state index contributed by atoms with van der Waals surface area (Å²) in [4.78, 5) is 14.6. The summed E-state index contributed by atoms with van der Waals surface area (Å²) in [5, 5.41) is 3.27. The number of carbonyl (C=O) groups excluding carboxylic acids is 1. The first kappa shape index (κ1) is 19.6. The molecule has 1 fully saturated rings. The molecule has 1 aromatic rings. The minimum absolute atomic E-state index is 0.144. The average Bonchev–Trinajstić information content (AvgIpc) is 2.61. The fourth-order valence-corrected chi connectivity index (χ4v) is 3.66. The highest BCUT2D eigenvalue weighted by atomic mass is 16.5. The monoisotopic (exact) mass is 348 g/mol. The Hall–Kier alpha value is -1.75. The number of ether oxygens (including phenoxy) is 2. The molecule has 1 aromatic carbocycles. The highest BCUT2D eigenvalue weighted by Crippen LogP contribution is 2.28. The molecule has 5 nitrogen and oxygen atoms in total. The van der Waals surface area contributed by atoms with Crippen LogP contribution in [-0.4, -0.2) is 51.7 Å². The Morgan fingerprint density at radius 3 is 2.56 bits per heavy atom. The smallest absolute Gasteiger partial charge is 0.220 e. The highest BCUT2D eigenvalue weighted by molar-refractivity contribution is 5.76. The Labute approximate surface area is 151 Å². The molecule has 1 amide bonds. The quantitative estimate of drug-likeness (QED) is 0.785. The molecule has 140 valence electrons. The van der Waals surface area contributed by atoms with E-state index < -0.39 is 0 Å². The van der Waals surface area contributed by atoms with E-state index in [1.54, 1.807) is 14.2 Å². The number of nitrogens with one attached hydrogen (secondary N) is 1. The van der Waals surface area contributed by atoms with Crippen LogP contribution in [0.25, 0.3) is 0 Å². The molecule has 2 rings (SSSR count). The van der Waals surface area contributed by atoms with Crippen LogP contribution in [0.1, 0.15) is 37.7 Å². The Bertz CT molecular complexity index is 560. The maximum Gasteiger partial charge on any atom is 0.220 e. The molecule has 0 spiro atoms. The zero-order valence-electron chi connectivity index (χ0n) is 16.0. The van der Waals surface area contributed by atoms with E-state index in [1.165, 1.54) is 19.3 Å². The minimum atomic E-state index is 0.144. The van der Waals surface area contributed by atoms with Gasteiger partial charge in [-0.3, -0.25) is 4.79 Å². The zero-order valence-corrected chi connectivity index (χ0v) is 16.0. The van der Waals surface area contributed by atoms with Crippen molar-refractivity contribution in [1.82, 2.24) is 10.2 Å². The van der Waals surface area contributed by atoms with E-state index in [1.807, 2.05) is 18.2 Å². The second-order valence-electron chi connectivity index (χ2n) is 7.17. The maximum absolute atomic E-state index is 12.4. The Morgan fingerprint density at radius 2 is 1.88 bits per heavy atom. The summed E-state index contributed by atoms with van der Waals surface area (Å²) in [6.07, 6.45) is 6.00. The van der Waals surface area contributed by atoms with Crippen LogP contribution in [0.5, 0.6) is 11.5 Å². The lowest BCUT2D eigenvalue weighted by Crippen LogP contribution is -2.45. The van der Waals surface area contributed by atoms with Gasteiger partial charge in [0.05, 0.1) is 14.2 Å². The molecule has 0 bridgehead atoms. The van der Waals surface area contributed by atoms with E-state index in [0.29, 0.717) is 36.3 Å². The third kappa shape index (κ3) is 5.92. The largest absolute Gasteiger partial charge is 0.493 e. The molecule has 0 radical (unpaired) electrons. The van der Waals surface area contributed by atoms with Crippen molar-refractivity contribution in [3.05, 3.63) is 23.8 Å². The first-order valence-corrected chi connectivity index (χ1v) is 9.18.